The molecule has 0 aromatic heterocycles. The van der Waals surface area contributed by atoms with Gasteiger partial charge in [-0.2, -0.15) is 0 Å². The van der Waals surface area contributed by atoms with Gasteiger partial charge in [0.1, 0.15) is 0 Å². The number of nitrogens with zero attached hydrogens (tertiary/aromatic N) is 1. The molecule has 2 atom stereocenters. The third-order valence-corrected chi connectivity index (χ3v) is 6.13. The van der Waals surface area contributed by atoms with E-state index in [2.05, 4.69) is 13.8 Å². The standard InChI is InChI=1S/C20H37N3O3/c1-14(2)15-8-10-16(11-9-15)26-13-18-17(21)5-4-12-23(18)20(25)7-3-6-19(22)24/h14-18H,3-13,21H2,1-2H3,(H2,22,24). The quantitative estimate of drug-likeness (QED) is 0.687. The van der Waals surface area contributed by atoms with E-state index in [9.17, 15) is 9.59 Å². The van der Waals surface area contributed by atoms with Crippen molar-refractivity contribution in [1.29, 1.82) is 0 Å². The highest BCUT2D eigenvalue weighted by molar-refractivity contribution is 5.78. The number of rotatable bonds is 8. The van der Waals surface area contributed by atoms with Crippen molar-refractivity contribution in [2.45, 2.75) is 89.8 Å². The van der Waals surface area contributed by atoms with Crippen LogP contribution in [-0.2, 0) is 14.3 Å². The molecule has 4 N–H and O–H groups in total. The minimum absolute atomic E-state index is 0.0316. The summed E-state index contributed by atoms with van der Waals surface area (Å²) in [5.74, 6) is 1.27. The first-order valence-electron chi connectivity index (χ1n) is 10.3. The molecule has 2 amide bonds. The summed E-state index contributed by atoms with van der Waals surface area (Å²) in [4.78, 5) is 25.3. The number of nitrogens with two attached hydrogens (primary N) is 2. The smallest absolute Gasteiger partial charge is 0.222 e. The Kier molecular flexibility index (Phi) is 8.35. The van der Waals surface area contributed by atoms with Crippen molar-refractivity contribution < 1.29 is 14.3 Å². The predicted octanol–water partition coefficient (Wildman–Crippen LogP) is 2.19. The molecular weight excluding hydrogens is 330 g/mol. The van der Waals surface area contributed by atoms with Crippen molar-refractivity contribution in [3.8, 4) is 0 Å². The van der Waals surface area contributed by atoms with Gasteiger partial charge in [-0.3, -0.25) is 9.59 Å². The SMILES string of the molecule is CC(C)C1CCC(OCC2C(N)CCCN2C(=O)CCCC(N)=O)CC1. The maximum absolute atomic E-state index is 12.6. The van der Waals surface area contributed by atoms with Crippen LogP contribution in [0.3, 0.4) is 0 Å². The van der Waals surface area contributed by atoms with Crippen LogP contribution in [-0.4, -0.2) is 48.1 Å². The summed E-state index contributed by atoms with van der Waals surface area (Å²) >= 11 is 0. The van der Waals surface area contributed by atoms with Gasteiger partial charge in [0.2, 0.25) is 11.8 Å². The zero-order valence-corrected chi connectivity index (χ0v) is 16.5. The second-order valence-electron chi connectivity index (χ2n) is 8.39. The van der Waals surface area contributed by atoms with Crippen molar-refractivity contribution in [2.75, 3.05) is 13.2 Å². The van der Waals surface area contributed by atoms with Gasteiger partial charge in [-0.05, 0) is 56.8 Å². The van der Waals surface area contributed by atoms with Gasteiger partial charge < -0.3 is 21.1 Å². The van der Waals surface area contributed by atoms with Crippen molar-refractivity contribution in [3.05, 3.63) is 0 Å². The lowest BCUT2D eigenvalue weighted by molar-refractivity contribution is -0.138. The van der Waals surface area contributed by atoms with E-state index in [1.807, 2.05) is 4.90 Å². The molecule has 26 heavy (non-hydrogen) atoms. The molecule has 1 saturated heterocycles. The first-order chi connectivity index (χ1) is 12.4. The van der Waals surface area contributed by atoms with Gasteiger partial charge in [0, 0.05) is 25.4 Å². The fraction of sp³-hybridized carbons (Fsp3) is 0.900. The van der Waals surface area contributed by atoms with Crippen LogP contribution in [0.15, 0.2) is 0 Å². The van der Waals surface area contributed by atoms with Gasteiger partial charge in [0.15, 0.2) is 0 Å². The number of amides is 2. The zero-order chi connectivity index (χ0) is 19.1. The minimum atomic E-state index is -0.356. The Bertz CT molecular complexity index is 461. The number of hydrogen-bond donors (Lipinski definition) is 2. The van der Waals surface area contributed by atoms with Crippen LogP contribution in [0.5, 0.6) is 0 Å². The number of ether oxygens (including phenoxy) is 1. The van der Waals surface area contributed by atoms with Crippen LogP contribution >= 0.6 is 0 Å². The van der Waals surface area contributed by atoms with E-state index in [0.717, 1.165) is 44.1 Å². The molecule has 6 heteroatoms. The normalized spacial score (nSPS) is 29.8. The van der Waals surface area contributed by atoms with E-state index in [1.54, 1.807) is 0 Å². The summed E-state index contributed by atoms with van der Waals surface area (Å²) in [5, 5.41) is 0. The molecule has 2 fully saturated rings. The fourth-order valence-electron chi connectivity index (χ4n) is 4.32. The summed E-state index contributed by atoms with van der Waals surface area (Å²) < 4.78 is 6.20. The van der Waals surface area contributed by atoms with Crippen molar-refractivity contribution in [3.63, 3.8) is 0 Å². The number of primary amides is 1. The van der Waals surface area contributed by atoms with Gasteiger partial charge in [-0.15, -0.1) is 0 Å². The molecule has 0 radical (unpaired) electrons. The maximum Gasteiger partial charge on any atom is 0.222 e. The summed E-state index contributed by atoms with van der Waals surface area (Å²) in [6.45, 7) is 5.86. The van der Waals surface area contributed by atoms with E-state index < -0.39 is 0 Å². The van der Waals surface area contributed by atoms with E-state index in [0.29, 0.717) is 25.6 Å². The Hall–Kier alpha value is -1.14. The monoisotopic (exact) mass is 367 g/mol. The Morgan fingerprint density at radius 2 is 1.81 bits per heavy atom. The van der Waals surface area contributed by atoms with Crippen molar-refractivity contribution >= 4 is 11.8 Å². The fourth-order valence-corrected chi connectivity index (χ4v) is 4.32. The number of piperidine rings is 1. The predicted molar refractivity (Wildman–Crippen MR) is 102 cm³/mol. The number of likely N-dealkylation sites (tertiary alicyclic amines) is 1. The molecular formula is C20H37N3O3. The second kappa shape index (κ2) is 10.3. The molecule has 1 aliphatic carbocycles. The third kappa shape index (κ3) is 6.23. The van der Waals surface area contributed by atoms with E-state index in [-0.39, 0.29) is 30.3 Å². The summed E-state index contributed by atoms with van der Waals surface area (Å²) in [6.07, 6.45) is 7.95. The Balaban J connectivity index is 1.82. The lowest BCUT2D eigenvalue weighted by atomic mass is 9.80. The number of carbonyl (C=O) groups is 2. The summed E-state index contributed by atoms with van der Waals surface area (Å²) in [6, 6.07) is -0.0801. The Labute approximate surface area is 158 Å². The molecule has 2 rings (SSSR count). The van der Waals surface area contributed by atoms with Gasteiger partial charge in [-0.1, -0.05) is 13.8 Å². The largest absolute Gasteiger partial charge is 0.376 e. The van der Waals surface area contributed by atoms with Crippen LogP contribution in [0.4, 0.5) is 0 Å². The molecule has 1 aliphatic heterocycles. The first kappa shape index (κ1) is 21.2. The van der Waals surface area contributed by atoms with Gasteiger partial charge in [-0.25, -0.2) is 0 Å². The first-order valence-corrected chi connectivity index (χ1v) is 10.3. The summed E-state index contributed by atoms with van der Waals surface area (Å²) in [7, 11) is 0. The number of carbonyl (C=O) groups excluding carboxylic acids is 2. The van der Waals surface area contributed by atoms with Crippen molar-refractivity contribution in [1.82, 2.24) is 4.90 Å². The molecule has 6 nitrogen and oxygen atoms in total. The van der Waals surface area contributed by atoms with E-state index in [4.69, 9.17) is 16.2 Å². The van der Waals surface area contributed by atoms with E-state index in [1.165, 1.54) is 12.8 Å². The van der Waals surface area contributed by atoms with Crippen LogP contribution in [0.25, 0.3) is 0 Å². The molecule has 2 unspecified atom stereocenters. The Morgan fingerprint density at radius 3 is 2.42 bits per heavy atom. The molecule has 0 spiro atoms. The highest BCUT2D eigenvalue weighted by Gasteiger charge is 2.33. The van der Waals surface area contributed by atoms with Gasteiger partial charge in [0.05, 0.1) is 18.8 Å². The Morgan fingerprint density at radius 1 is 1.12 bits per heavy atom. The molecule has 150 valence electrons. The zero-order valence-electron chi connectivity index (χ0n) is 16.5. The van der Waals surface area contributed by atoms with Crippen LogP contribution < -0.4 is 11.5 Å². The van der Waals surface area contributed by atoms with Crippen LogP contribution in [0.1, 0.15) is 71.6 Å². The maximum atomic E-state index is 12.6. The van der Waals surface area contributed by atoms with Crippen molar-refractivity contribution in [2.24, 2.45) is 23.3 Å². The van der Waals surface area contributed by atoms with Crippen LogP contribution in [0, 0.1) is 11.8 Å². The van der Waals surface area contributed by atoms with Crippen LogP contribution in [0.2, 0.25) is 0 Å². The molecule has 0 aromatic rings. The lowest BCUT2D eigenvalue weighted by Gasteiger charge is -2.41. The minimum Gasteiger partial charge on any atom is -0.376 e. The summed E-state index contributed by atoms with van der Waals surface area (Å²) in [5.41, 5.74) is 11.5. The topological polar surface area (TPSA) is 98.7 Å². The molecule has 1 saturated carbocycles. The molecule has 0 bridgehead atoms. The molecule has 1 heterocycles. The number of hydrogen-bond acceptors (Lipinski definition) is 4. The average Bonchev–Trinajstić information content (AvgIpc) is 2.60. The van der Waals surface area contributed by atoms with Gasteiger partial charge >= 0.3 is 0 Å². The third-order valence-electron chi connectivity index (χ3n) is 6.13. The highest BCUT2D eigenvalue weighted by Crippen LogP contribution is 2.31. The second-order valence-corrected chi connectivity index (χ2v) is 8.39. The highest BCUT2D eigenvalue weighted by atomic mass is 16.5. The molecule has 2 aliphatic rings. The van der Waals surface area contributed by atoms with E-state index >= 15 is 0 Å². The molecule has 0 aromatic carbocycles. The van der Waals surface area contributed by atoms with Gasteiger partial charge in [0.25, 0.3) is 0 Å². The average molecular weight is 368 g/mol. The lowest BCUT2D eigenvalue weighted by Crippen LogP contribution is -2.56.